The van der Waals surface area contributed by atoms with E-state index in [9.17, 15) is 28.8 Å². The maximum absolute atomic E-state index is 13.4. The first kappa shape index (κ1) is 116. The van der Waals surface area contributed by atoms with Crippen molar-refractivity contribution in [3.63, 3.8) is 0 Å². The van der Waals surface area contributed by atoms with E-state index in [4.69, 9.17) is 140 Å². The zero-order valence-electron chi connectivity index (χ0n) is 79.2. The van der Waals surface area contributed by atoms with Crippen molar-refractivity contribution in [2.75, 3.05) is 342 Å². The Morgan fingerprint density at radius 2 is 0.725 bits per heavy atom. The van der Waals surface area contributed by atoms with E-state index in [2.05, 4.69) is 42.0 Å². The van der Waals surface area contributed by atoms with Crippen LogP contribution in [-0.4, -0.2) is 414 Å². The highest BCUT2D eigenvalue weighted by atomic mass is 32.2. The largest absolute Gasteiger partial charge is 0.462 e. The molecule has 0 radical (unpaired) electrons. The van der Waals surface area contributed by atoms with E-state index in [0.717, 1.165) is 50.7 Å². The number of hydrogen-bond acceptors (Lipinski definition) is 36. The molecule has 764 valence electrons. The van der Waals surface area contributed by atoms with Crippen molar-refractivity contribution in [2.45, 2.75) is 159 Å². The number of nitrogens with two attached hydrogens (primary N) is 3. The lowest BCUT2D eigenvalue weighted by Gasteiger charge is -2.64. The van der Waals surface area contributed by atoms with Crippen LogP contribution in [-0.2, 0) is 147 Å². The van der Waals surface area contributed by atoms with Crippen molar-refractivity contribution in [2.24, 2.45) is 63.5 Å². The van der Waals surface area contributed by atoms with E-state index in [1.54, 1.807) is 0 Å². The Labute approximate surface area is 782 Å². The quantitative estimate of drug-likeness (QED) is 0.0198. The minimum atomic E-state index is -0.433. The molecule has 0 bridgehead atoms. The summed E-state index contributed by atoms with van der Waals surface area (Å²) < 4.78 is 147. The maximum Gasteiger partial charge on any atom is 0.315 e. The highest BCUT2D eigenvalue weighted by molar-refractivity contribution is 8.00. The van der Waals surface area contributed by atoms with Gasteiger partial charge in [-0.3, -0.25) is 24.0 Å². The van der Waals surface area contributed by atoms with Crippen LogP contribution in [0.1, 0.15) is 124 Å². The van der Waals surface area contributed by atoms with E-state index in [1.807, 2.05) is 11.8 Å². The van der Waals surface area contributed by atoms with Crippen molar-refractivity contribution in [3.8, 4) is 0 Å². The van der Waals surface area contributed by atoms with Gasteiger partial charge in [-0.15, -0.1) is 0 Å². The summed E-state index contributed by atoms with van der Waals surface area (Å²) in [5, 5.41) is 12.3. The van der Waals surface area contributed by atoms with Gasteiger partial charge in [0.2, 0.25) is 11.8 Å². The number of carbonyl (C=O) groups excluding carboxylic acids is 6. The van der Waals surface area contributed by atoms with Crippen molar-refractivity contribution < 1.29 is 152 Å². The SMILES string of the molecule is C[C@H](CCC(=O)NCCOCCOCCOCCOCCOCCOCCOCCOCCOCCOCCOCCOCCOCCOCCOCCOCCOCCOCCOCCOCCOCCOCCOCCNC(=O)CCCC[C@@H]1SCC2NC(=O)NC21)[C@H]1CC[C@H]2[C@@H]3[C@H](OC(=O)CCN)C[C@@H]4C[C@H](OC(=O)CCN)CC[C@]4(C)[C@H]3C[C@H](OC(=O)CCN)[C@]12C. The average Bonchev–Trinajstić information content (AvgIpc) is 1.56. The van der Waals surface area contributed by atoms with E-state index < -0.39 is 5.41 Å². The molecule has 10 N–H and O–H groups in total. The molecule has 0 aromatic carbocycles. The number of amides is 4. The van der Waals surface area contributed by atoms with E-state index in [0.29, 0.717) is 361 Å². The summed E-state index contributed by atoms with van der Waals surface area (Å²) in [5.41, 5.74) is 16.8. The standard InChI is InChI=1S/C91H167N7O32S/c1-72(75-9-10-76-87-77(70-81(91(75,76)3)130-86(103)15-19-94)90(2)16-12-74(128-84(101)13-17-92)68-73(90)69-79(87)129-85(102)14-18-93)8-11-83(100)96-21-23-106-25-27-108-29-31-110-33-35-112-37-39-114-41-43-116-45-47-118-49-51-120-53-55-122-57-59-124-61-63-126-65-67-127-66-64-125-62-60-123-58-56-121-54-52-119-50-48-117-46-44-115-42-40-113-38-36-111-34-32-109-30-28-107-26-24-105-22-20-95-82(99)7-5-4-6-80-88-78(71-131-80)97-89(104)98-88/h72-81,87-88H,4-71,92-94H2,1-3H3,(H,95,99)(H,96,100)(H2,97,98,104)/t72-,73+,74-,75-,76+,77+,78?,79-,80+,81+,87+,88?,90+,91-/m1/s1. The van der Waals surface area contributed by atoms with Gasteiger partial charge in [0, 0.05) is 67.9 Å². The summed E-state index contributed by atoms with van der Waals surface area (Å²) in [7, 11) is 0. The molecule has 2 unspecified atom stereocenters. The van der Waals surface area contributed by atoms with E-state index >= 15 is 0 Å². The molecule has 6 rings (SSSR count). The van der Waals surface area contributed by atoms with Crippen molar-refractivity contribution in [1.29, 1.82) is 0 Å². The Morgan fingerprint density at radius 1 is 0.389 bits per heavy atom. The van der Waals surface area contributed by atoms with Gasteiger partial charge in [-0.05, 0) is 99.2 Å². The lowest BCUT2D eigenvalue weighted by atomic mass is 9.43. The Hall–Kier alpha value is -4.07. The third kappa shape index (κ3) is 50.9. The molecule has 40 heteroatoms. The molecule has 0 aromatic rings. The van der Waals surface area contributed by atoms with Crippen molar-refractivity contribution >= 4 is 47.5 Å². The minimum Gasteiger partial charge on any atom is -0.462 e. The van der Waals surface area contributed by atoms with Crippen molar-refractivity contribution in [1.82, 2.24) is 21.3 Å². The van der Waals surface area contributed by atoms with E-state index in [-0.39, 0.29) is 146 Å². The number of hydrogen-bond donors (Lipinski definition) is 7. The number of carbonyl (C=O) groups is 6. The summed E-state index contributed by atoms with van der Waals surface area (Å²) >= 11 is 1.90. The van der Waals surface area contributed by atoms with Crippen LogP contribution >= 0.6 is 11.8 Å². The molecule has 4 amide bonds. The zero-order chi connectivity index (χ0) is 93.4. The van der Waals surface area contributed by atoms with Crippen molar-refractivity contribution in [3.05, 3.63) is 0 Å². The predicted octanol–water partition coefficient (Wildman–Crippen LogP) is 3.40. The third-order valence-corrected chi connectivity index (χ3v) is 26.1. The minimum absolute atomic E-state index is 0.0339. The van der Waals surface area contributed by atoms with Crippen LogP contribution < -0.4 is 38.5 Å². The number of urea groups is 1. The fraction of sp³-hybridized carbons (Fsp3) is 0.934. The molecule has 6 fully saturated rings. The number of fused-ring (bicyclic) bond motifs is 6. The molecule has 4 saturated carbocycles. The molecule has 2 aliphatic heterocycles. The summed E-state index contributed by atoms with van der Waals surface area (Å²) in [6, 6.07) is 0.374. The Morgan fingerprint density at radius 3 is 1.08 bits per heavy atom. The number of esters is 3. The van der Waals surface area contributed by atoms with Gasteiger partial charge < -0.3 is 162 Å². The van der Waals surface area contributed by atoms with Gasteiger partial charge in [0.1, 0.15) is 18.3 Å². The lowest BCUT2D eigenvalue weighted by molar-refractivity contribution is -0.225. The summed E-state index contributed by atoms with van der Waals surface area (Å²) in [4.78, 5) is 76.1. The van der Waals surface area contributed by atoms with Crippen LogP contribution in [0, 0.1) is 46.3 Å². The second-order valence-electron chi connectivity index (χ2n) is 33.7. The van der Waals surface area contributed by atoms with Gasteiger partial charge in [-0.2, -0.15) is 11.8 Å². The monoisotopic (exact) mass is 1900 g/mol. The lowest BCUT2D eigenvalue weighted by Crippen LogP contribution is -2.63. The Bertz CT molecular complexity index is 2880. The second-order valence-corrected chi connectivity index (χ2v) is 35.0. The zero-order valence-corrected chi connectivity index (χ0v) is 80.0. The molecule has 0 spiro atoms. The molecule has 131 heavy (non-hydrogen) atoms. The van der Waals surface area contributed by atoms with E-state index in [1.165, 1.54) is 0 Å². The number of unbranched alkanes of at least 4 members (excludes halogenated alkanes) is 1. The Kier molecular flexibility index (Phi) is 67.0. The maximum atomic E-state index is 13.4. The van der Waals surface area contributed by atoms with Crippen LogP contribution in [0.2, 0.25) is 0 Å². The first-order valence-corrected chi connectivity index (χ1v) is 49.4. The number of thioether (sulfide) groups is 1. The molecular weight excluding hydrogens is 1740 g/mol. The van der Waals surface area contributed by atoms with Crippen LogP contribution in [0.5, 0.6) is 0 Å². The number of ether oxygens (including phenoxy) is 26. The van der Waals surface area contributed by atoms with Gasteiger partial charge in [-0.25, -0.2) is 4.79 Å². The van der Waals surface area contributed by atoms with Gasteiger partial charge in [0.05, 0.1) is 335 Å². The summed E-state index contributed by atoms with van der Waals surface area (Å²) in [6.45, 7) is 29.2. The first-order valence-electron chi connectivity index (χ1n) is 48.4. The molecule has 0 aromatic heterocycles. The molecule has 39 nitrogen and oxygen atoms in total. The molecule has 14 atom stereocenters. The predicted molar refractivity (Wildman–Crippen MR) is 484 cm³/mol. The third-order valence-electron chi connectivity index (χ3n) is 24.6. The molecule has 2 heterocycles. The van der Waals surface area contributed by atoms with Crippen LogP contribution in [0.15, 0.2) is 0 Å². The normalized spacial score (nSPS) is 23.4. The van der Waals surface area contributed by atoms with Gasteiger partial charge >= 0.3 is 23.9 Å². The fourth-order valence-electron chi connectivity index (χ4n) is 18.0. The fourth-order valence-corrected chi connectivity index (χ4v) is 19.5. The molecular formula is C91H167N7O32S. The van der Waals surface area contributed by atoms with Gasteiger partial charge in [0.25, 0.3) is 0 Å². The smallest absolute Gasteiger partial charge is 0.315 e. The highest BCUT2D eigenvalue weighted by Crippen LogP contribution is 2.69. The molecule has 2 saturated heterocycles. The summed E-state index contributed by atoms with van der Waals surface area (Å²) in [6.07, 6.45) is 9.06. The number of nitrogens with one attached hydrogen (secondary N) is 4. The Balaban J connectivity index is 0.566. The highest BCUT2D eigenvalue weighted by Gasteiger charge is 2.68. The number of rotatable bonds is 90. The molecule has 6 aliphatic rings. The molecule has 4 aliphatic carbocycles. The summed E-state index contributed by atoms with van der Waals surface area (Å²) in [5.74, 6) is 0.678. The first-order chi connectivity index (χ1) is 64.2. The van der Waals surface area contributed by atoms with Gasteiger partial charge in [0.15, 0.2) is 0 Å². The van der Waals surface area contributed by atoms with Crippen LogP contribution in [0.4, 0.5) is 4.79 Å². The second kappa shape index (κ2) is 75.9. The van der Waals surface area contributed by atoms with Gasteiger partial charge in [-0.1, -0.05) is 27.2 Å². The van der Waals surface area contributed by atoms with Crippen LogP contribution in [0.3, 0.4) is 0 Å². The topological polar surface area (TPSA) is 469 Å². The van der Waals surface area contributed by atoms with Crippen LogP contribution in [0.25, 0.3) is 0 Å². The average molecular weight is 1900 g/mol.